The second kappa shape index (κ2) is 37.4. The average Bonchev–Trinajstić information content (AvgIpc) is 3.14. The highest BCUT2D eigenvalue weighted by Crippen LogP contribution is 2.43. The van der Waals surface area contributed by atoms with E-state index in [0.29, 0.717) is 19.3 Å². The van der Waals surface area contributed by atoms with Crippen LogP contribution in [0.2, 0.25) is 0 Å². The van der Waals surface area contributed by atoms with E-state index >= 15 is 0 Å². The summed E-state index contributed by atoms with van der Waals surface area (Å²) in [7, 11) is -4.76. The summed E-state index contributed by atoms with van der Waals surface area (Å²) in [5.41, 5.74) is 0. The molecule has 3 atom stereocenters. The van der Waals surface area contributed by atoms with Gasteiger partial charge >= 0.3 is 19.8 Å². The van der Waals surface area contributed by atoms with Gasteiger partial charge in [0.25, 0.3) is 0 Å². The molecule has 0 aromatic rings. The topological polar surface area (TPSA) is 169 Å². The third kappa shape index (κ3) is 36.4. The molecule has 0 spiro atoms. The monoisotopic (exact) mass is 784 g/mol. The second-order valence-electron chi connectivity index (χ2n) is 13.8. The number of carbonyl (C=O) groups is 3. The van der Waals surface area contributed by atoms with Crippen molar-refractivity contribution < 1.29 is 47.8 Å². The third-order valence-corrected chi connectivity index (χ3v) is 9.57. The number of unbranched alkanes of at least 4 members (excludes halogenated alkanes) is 16. The van der Waals surface area contributed by atoms with E-state index in [0.717, 1.165) is 44.9 Å². The fourth-order valence-corrected chi connectivity index (χ4v) is 6.14. The number of carbonyl (C=O) groups excluding carboxylic acids is 2. The van der Waals surface area contributed by atoms with Crippen LogP contribution in [0.1, 0.15) is 168 Å². The van der Waals surface area contributed by atoms with Crippen LogP contribution in [0.15, 0.2) is 48.6 Å². The minimum atomic E-state index is -4.76. The molecule has 11 nitrogen and oxygen atoms in total. The van der Waals surface area contributed by atoms with Crippen molar-refractivity contribution in [2.24, 2.45) is 0 Å². The van der Waals surface area contributed by atoms with Crippen LogP contribution in [-0.2, 0) is 32.7 Å². The first-order valence-electron chi connectivity index (χ1n) is 20.7. The van der Waals surface area contributed by atoms with Crippen molar-refractivity contribution in [1.82, 2.24) is 5.32 Å². The lowest BCUT2D eigenvalue weighted by atomic mass is 10.0. The van der Waals surface area contributed by atoms with Gasteiger partial charge in [-0.15, -0.1) is 0 Å². The molecule has 0 aromatic heterocycles. The zero-order chi connectivity index (χ0) is 40.0. The number of hydrogen-bond acceptors (Lipinski definition) is 8. The molecule has 312 valence electrons. The standard InChI is InChI=1S/C42H74NO10P/c1-3-5-7-9-11-13-15-17-18-19-20-22-24-26-28-30-32-34-41(46)51-35-38(44)36-52-54(49,50)53-37-39(42(47)48)43-40(45)33-31-29-27-25-23-21-16-14-12-10-8-6-4-2/h11,13,17-18,20,22,26,28,38-39,44H,3-10,12,14-16,19,21,23-25,27,29-37H2,1-2H3,(H,43,45)(H,47,48)(H,49,50)/b13-11-,18-17-,22-20-,28-26-. The van der Waals surface area contributed by atoms with Gasteiger partial charge in [-0.3, -0.25) is 18.6 Å². The second-order valence-corrected chi connectivity index (χ2v) is 15.3. The molecule has 0 saturated carbocycles. The molecule has 0 bridgehead atoms. The first-order chi connectivity index (χ1) is 26.1. The predicted octanol–water partition coefficient (Wildman–Crippen LogP) is 10.2. The van der Waals surface area contributed by atoms with E-state index in [9.17, 15) is 34.1 Å². The summed E-state index contributed by atoms with van der Waals surface area (Å²) in [6.45, 7) is 2.49. The van der Waals surface area contributed by atoms with Crippen molar-refractivity contribution >= 4 is 25.7 Å². The summed E-state index contributed by atoms with van der Waals surface area (Å²) >= 11 is 0. The zero-order valence-corrected chi connectivity index (χ0v) is 34.4. The van der Waals surface area contributed by atoms with Gasteiger partial charge in [-0.1, -0.05) is 152 Å². The number of carboxylic acid groups (broad SMARTS) is 1. The molecule has 1 amide bonds. The van der Waals surface area contributed by atoms with Gasteiger partial charge in [-0.2, -0.15) is 0 Å². The van der Waals surface area contributed by atoms with Crippen molar-refractivity contribution in [3.8, 4) is 0 Å². The van der Waals surface area contributed by atoms with E-state index in [4.69, 9.17) is 13.8 Å². The van der Waals surface area contributed by atoms with Gasteiger partial charge in [-0.25, -0.2) is 9.36 Å². The number of aliphatic carboxylic acids is 1. The number of amides is 1. The van der Waals surface area contributed by atoms with Crippen LogP contribution in [0.25, 0.3) is 0 Å². The van der Waals surface area contributed by atoms with Gasteiger partial charge in [0.1, 0.15) is 12.7 Å². The van der Waals surface area contributed by atoms with E-state index in [2.05, 4.69) is 55.6 Å². The lowest BCUT2D eigenvalue weighted by Gasteiger charge is -2.18. The third-order valence-electron chi connectivity index (χ3n) is 8.62. The molecule has 12 heteroatoms. The lowest BCUT2D eigenvalue weighted by molar-refractivity contribution is -0.147. The smallest absolute Gasteiger partial charge is 0.472 e. The number of allylic oxidation sites excluding steroid dienone is 8. The molecule has 4 N–H and O–H groups in total. The Hall–Kier alpha value is -2.56. The number of nitrogens with one attached hydrogen (secondary N) is 1. The highest BCUT2D eigenvalue weighted by molar-refractivity contribution is 7.47. The molecule has 0 fully saturated rings. The van der Waals surface area contributed by atoms with Gasteiger partial charge in [0.2, 0.25) is 5.91 Å². The van der Waals surface area contributed by atoms with Crippen molar-refractivity contribution in [2.45, 2.75) is 180 Å². The number of aliphatic hydroxyl groups is 1. The van der Waals surface area contributed by atoms with Gasteiger partial charge in [0, 0.05) is 12.8 Å². The summed E-state index contributed by atoms with van der Waals surface area (Å²) in [6, 6.07) is -1.55. The quantitative estimate of drug-likeness (QED) is 0.0205. The predicted molar refractivity (Wildman–Crippen MR) is 217 cm³/mol. The van der Waals surface area contributed by atoms with Crippen LogP contribution < -0.4 is 5.32 Å². The molecular weight excluding hydrogens is 709 g/mol. The van der Waals surface area contributed by atoms with Crippen molar-refractivity contribution in [1.29, 1.82) is 0 Å². The van der Waals surface area contributed by atoms with E-state index in [-0.39, 0.29) is 12.8 Å². The first-order valence-corrected chi connectivity index (χ1v) is 22.2. The minimum absolute atomic E-state index is 0.143. The number of phosphoric acid groups is 1. The Labute approximate surface area is 326 Å². The Morgan fingerprint density at radius 2 is 1.04 bits per heavy atom. The van der Waals surface area contributed by atoms with Crippen molar-refractivity contribution in [3.05, 3.63) is 48.6 Å². The largest absolute Gasteiger partial charge is 0.480 e. The maximum Gasteiger partial charge on any atom is 0.472 e. The van der Waals surface area contributed by atoms with Crippen LogP contribution >= 0.6 is 7.82 Å². The summed E-state index contributed by atoms with van der Waals surface area (Å²) in [4.78, 5) is 45.8. The average molecular weight is 784 g/mol. The van der Waals surface area contributed by atoms with Crippen LogP contribution in [0.3, 0.4) is 0 Å². The van der Waals surface area contributed by atoms with Crippen molar-refractivity contribution in [2.75, 3.05) is 19.8 Å². The highest BCUT2D eigenvalue weighted by Gasteiger charge is 2.28. The fourth-order valence-electron chi connectivity index (χ4n) is 5.37. The van der Waals surface area contributed by atoms with E-state index in [1.165, 1.54) is 77.0 Å². The highest BCUT2D eigenvalue weighted by atomic mass is 31.2. The molecule has 0 saturated heterocycles. The summed E-state index contributed by atoms with van der Waals surface area (Å²) in [5.74, 6) is -2.44. The molecule has 3 unspecified atom stereocenters. The molecule has 0 radical (unpaired) electrons. The number of phosphoric ester groups is 1. The van der Waals surface area contributed by atoms with Gasteiger partial charge < -0.3 is 25.2 Å². The Morgan fingerprint density at radius 3 is 1.56 bits per heavy atom. The Kier molecular flexibility index (Phi) is 35.6. The van der Waals surface area contributed by atoms with Gasteiger partial charge in [-0.05, 0) is 51.4 Å². The molecule has 0 aromatic carbocycles. The normalized spacial score (nSPS) is 14.3. The molecular formula is C42H74NO10P. The number of esters is 1. The molecule has 0 aliphatic rings. The maximum atomic E-state index is 12.3. The number of carboxylic acids is 1. The van der Waals surface area contributed by atoms with E-state index < -0.39 is 57.6 Å². The van der Waals surface area contributed by atoms with E-state index in [1.807, 2.05) is 12.2 Å². The summed E-state index contributed by atoms with van der Waals surface area (Å²) in [5, 5.41) is 21.8. The molecule has 54 heavy (non-hydrogen) atoms. The summed E-state index contributed by atoms with van der Waals surface area (Å²) < 4.78 is 26.7. The number of rotatable bonds is 38. The Morgan fingerprint density at radius 1 is 0.593 bits per heavy atom. The van der Waals surface area contributed by atoms with Crippen LogP contribution in [-0.4, -0.2) is 64.9 Å². The molecule has 0 rings (SSSR count). The maximum absolute atomic E-state index is 12.3. The van der Waals surface area contributed by atoms with Gasteiger partial charge in [0.15, 0.2) is 6.04 Å². The zero-order valence-electron chi connectivity index (χ0n) is 33.5. The Bertz CT molecular complexity index is 1110. The van der Waals surface area contributed by atoms with Crippen LogP contribution in [0.4, 0.5) is 0 Å². The van der Waals surface area contributed by atoms with Crippen molar-refractivity contribution in [3.63, 3.8) is 0 Å². The van der Waals surface area contributed by atoms with Crippen LogP contribution in [0.5, 0.6) is 0 Å². The lowest BCUT2D eigenvalue weighted by Crippen LogP contribution is -2.43. The molecule has 0 heterocycles. The summed E-state index contributed by atoms with van der Waals surface area (Å²) in [6.07, 6.45) is 40.0. The van der Waals surface area contributed by atoms with Gasteiger partial charge in [0.05, 0.1) is 13.2 Å². The number of ether oxygens (including phenoxy) is 1. The Balaban J connectivity index is 4.01. The van der Waals surface area contributed by atoms with E-state index in [1.54, 1.807) is 0 Å². The SMILES string of the molecule is CCCCC/C=C\C/C=C\C/C=C\C/C=C\CCCC(=O)OCC(O)COP(=O)(O)OCC(NC(=O)CCCCCCCCCCCCCCC)C(=O)O. The number of aliphatic hydroxyl groups excluding tert-OH is 1. The van der Waals surface area contributed by atoms with Crippen LogP contribution in [0, 0.1) is 0 Å². The first kappa shape index (κ1) is 51.4. The molecule has 0 aliphatic carbocycles. The molecule has 0 aliphatic heterocycles. The minimum Gasteiger partial charge on any atom is -0.480 e. The fraction of sp³-hybridized carbons (Fsp3) is 0.738. The number of hydrogen-bond donors (Lipinski definition) is 4.